The van der Waals surface area contributed by atoms with Crippen molar-refractivity contribution in [2.24, 2.45) is 0 Å². The van der Waals surface area contributed by atoms with Gasteiger partial charge in [-0.15, -0.1) is 23.7 Å². The van der Waals surface area contributed by atoms with Crippen LogP contribution in [0.4, 0.5) is 5.69 Å². The number of fused-ring (bicyclic) bond motifs is 1. The number of anilines is 1. The van der Waals surface area contributed by atoms with Gasteiger partial charge in [0.05, 0.1) is 4.88 Å². The summed E-state index contributed by atoms with van der Waals surface area (Å²) in [6, 6.07) is 29.3. The highest BCUT2D eigenvalue weighted by atomic mass is 35.5. The number of amides is 1. The Bertz CT molecular complexity index is 1200. The Hall–Kier alpha value is -2.86. The summed E-state index contributed by atoms with van der Waals surface area (Å²) in [7, 11) is 0. The van der Waals surface area contributed by atoms with Crippen LogP contribution in [0, 0.1) is 0 Å². The van der Waals surface area contributed by atoms with Crippen LogP contribution in [0.1, 0.15) is 20.8 Å². The molecule has 1 aromatic heterocycles. The molecule has 0 spiro atoms. The van der Waals surface area contributed by atoms with Crippen molar-refractivity contribution in [2.45, 2.75) is 13.0 Å². The first-order valence-corrected chi connectivity index (χ1v) is 12.4. The number of benzene rings is 3. The highest BCUT2D eigenvalue weighted by Gasteiger charge is 2.20. The van der Waals surface area contributed by atoms with Gasteiger partial charge in [-0.1, -0.05) is 66.7 Å². The summed E-state index contributed by atoms with van der Waals surface area (Å²) in [5, 5.41) is 4.24. The molecule has 1 amide bonds. The maximum atomic E-state index is 12.8. The van der Waals surface area contributed by atoms with Gasteiger partial charge >= 0.3 is 0 Å². The third-order valence-electron chi connectivity index (χ3n) is 6.33. The van der Waals surface area contributed by atoms with Gasteiger partial charge in [0, 0.05) is 55.0 Å². The van der Waals surface area contributed by atoms with E-state index in [0.717, 1.165) is 49.6 Å². The molecule has 2 heterocycles. The van der Waals surface area contributed by atoms with E-state index in [4.69, 9.17) is 0 Å². The molecule has 176 valence electrons. The number of piperazine rings is 1. The van der Waals surface area contributed by atoms with Gasteiger partial charge in [0.15, 0.2) is 0 Å². The van der Waals surface area contributed by atoms with Gasteiger partial charge in [-0.3, -0.25) is 9.69 Å². The van der Waals surface area contributed by atoms with Crippen LogP contribution in [0.3, 0.4) is 0 Å². The summed E-state index contributed by atoms with van der Waals surface area (Å²) in [6.07, 6.45) is 1.10. The summed E-state index contributed by atoms with van der Waals surface area (Å²) < 4.78 is 1.17. The van der Waals surface area contributed by atoms with Gasteiger partial charge in [-0.2, -0.15) is 0 Å². The lowest BCUT2D eigenvalue weighted by Gasteiger charge is -2.36. The third kappa shape index (κ3) is 5.79. The predicted molar refractivity (Wildman–Crippen MR) is 145 cm³/mol. The number of hydrogen-bond donors (Lipinski definition) is 1. The maximum Gasteiger partial charge on any atom is 0.261 e. The molecule has 0 bridgehead atoms. The van der Waals surface area contributed by atoms with Crippen molar-refractivity contribution in [2.75, 3.05) is 37.6 Å². The SMILES string of the molecule is Cl.O=C(NCc1ccccc1)c1cc2c(N3CCN(CCc4ccccc4)CC3)cccc2s1. The second-order valence-electron chi connectivity index (χ2n) is 8.53. The fraction of sp³-hybridized carbons (Fsp3) is 0.250. The molecule has 6 heteroatoms. The summed E-state index contributed by atoms with van der Waals surface area (Å²) in [5.41, 5.74) is 3.76. The van der Waals surface area contributed by atoms with Crippen molar-refractivity contribution in [3.8, 4) is 0 Å². The molecule has 0 radical (unpaired) electrons. The van der Waals surface area contributed by atoms with Crippen LogP contribution in [0.2, 0.25) is 0 Å². The first kappa shape index (κ1) is 24.3. The molecule has 1 fully saturated rings. The summed E-state index contributed by atoms with van der Waals surface area (Å²) >= 11 is 1.58. The quantitative estimate of drug-likeness (QED) is 0.364. The van der Waals surface area contributed by atoms with Gasteiger partial charge in [0.2, 0.25) is 0 Å². The first-order valence-electron chi connectivity index (χ1n) is 11.6. The molecule has 1 aliphatic heterocycles. The van der Waals surface area contributed by atoms with Crippen LogP contribution < -0.4 is 10.2 Å². The fourth-order valence-corrected chi connectivity index (χ4v) is 5.44. The van der Waals surface area contributed by atoms with Crippen LogP contribution in [0.15, 0.2) is 84.9 Å². The Morgan fingerprint density at radius 2 is 1.50 bits per heavy atom. The molecule has 34 heavy (non-hydrogen) atoms. The van der Waals surface area contributed by atoms with Crippen molar-refractivity contribution in [1.29, 1.82) is 0 Å². The molecule has 0 saturated carbocycles. The van der Waals surface area contributed by atoms with E-state index < -0.39 is 0 Å². The van der Waals surface area contributed by atoms with Crippen LogP contribution in [-0.4, -0.2) is 43.5 Å². The third-order valence-corrected chi connectivity index (χ3v) is 7.43. The summed E-state index contributed by atoms with van der Waals surface area (Å²) in [4.78, 5) is 18.6. The minimum absolute atomic E-state index is 0. The van der Waals surface area contributed by atoms with E-state index >= 15 is 0 Å². The standard InChI is InChI=1S/C28H29N3OS.ClH/c32-28(29-21-23-10-5-2-6-11-23)27-20-24-25(12-7-13-26(24)33-27)31-18-16-30(17-19-31)15-14-22-8-3-1-4-9-22;/h1-13,20H,14-19,21H2,(H,29,32);1H. The van der Waals surface area contributed by atoms with Gasteiger partial charge in [0.25, 0.3) is 5.91 Å². The van der Waals surface area contributed by atoms with Gasteiger partial charge in [-0.05, 0) is 35.7 Å². The van der Waals surface area contributed by atoms with Gasteiger partial charge < -0.3 is 10.2 Å². The predicted octanol–water partition coefficient (Wildman–Crippen LogP) is 5.62. The minimum Gasteiger partial charge on any atom is -0.368 e. The van der Waals surface area contributed by atoms with E-state index in [-0.39, 0.29) is 18.3 Å². The lowest BCUT2D eigenvalue weighted by Crippen LogP contribution is -2.47. The summed E-state index contributed by atoms with van der Waals surface area (Å²) in [6.45, 7) is 5.81. The number of thiophene rings is 1. The number of carbonyl (C=O) groups excluding carboxylic acids is 1. The Balaban J connectivity index is 0.00000274. The van der Waals surface area contributed by atoms with E-state index in [1.165, 1.54) is 21.3 Å². The zero-order valence-corrected chi connectivity index (χ0v) is 20.8. The molecule has 1 aliphatic rings. The van der Waals surface area contributed by atoms with Crippen LogP contribution in [0.5, 0.6) is 0 Å². The van der Waals surface area contributed by atoms with Gasteiger partial charge in [-0.25, -0.2) is 0 Å². The van der Waals surface area contributed by atoms with Crippen LogP contribution in [-0.2, 0) is 13.0 Å². The largest absolute Gasteiger partial charge is 0.368 e. The minimum atomic E-state index is -0.00302. The van der Waals surface area contributed by atoms with Crippen molar-refractivity contribution < 1.29 is 4.79 Å². The normalized spacial score (nSPS) is 14.1. The van der Waals surface area contributed by atoms with Crippen molar-refractivity contribution in [3.63, 3.8) is 0 Å². The zero-order valence-electron chi connectivity index (χ0n) is 19.2. The molecular formula is C28H30ClN3OS. The zero-order chi connectivity index (χ0) is 22.5. The molecule has 0 unspecified atom stereocenters. The Morgan fingerprint density at radius 1 is 0.824 bits per heavy atom. The molecule has 3 aromatic carbocycles. The van der Waals surface area contributed by atoms with Crippen molar-refractivity contribution in [3.05, 3.63) is 101 Å². The topological polar surface area (TPSA) is 35.6 Å². The van der Waals surface area contributed by atoms with Crippen LogP contribution in [0.25, 0.3) is 10.1 Å². The molecule has 4 aromatic rings. The molecule has 1 N–H and O–H groups in total. The second-order valence-corrected chi connectivity index (χ2v) is 9.62. The van der Waals surface area contributed by atoms with Crippen molar-refractivity contribution in [1.82, 2.24) is 10.2 Å². The smallest absolute Gasteiger partial charge is 0.261 e. The molecule has 4 nitrogen and oxygen atoms in total. The highest BCUT2D eigenvalue weighted by Crippen LogP contribution is 2.34. The summed E-state index contributed by atoms with van der Waals surface area (Å²) in [5.74, 6) is -0.00302. The van der Waals surface area contributed by atoms with E-state index in [2.05, 4.69) is 69.7 Å². The average molecular weight is 492 g/mol. The number of rotatable bonds is 7. The number of nitrogens with one attached hydrogen (secondary N) is 1. The van der Waals surface area contributed by atoms with Crippen LogP contribution >= 0.6 is 23.7 Å². The molecule has 5 rings (SSSR count). The molecular weight excluding hydrogens is 462 g/mol. The van der Waals surface area contributed by atoms with Crippen molar-refractivity contribution >= 4 is 45.4 Å². The number of nitrogens with zero attached hydrogens (tertiary/aromatic N) is 2. The average Bonchev–Trinajstić information content (AvgIpc) is 3.32. The van der Waals surface area contributed by atoms with E-state index in [0.29, 0.717) is 6.54 Å². The number of halogens is 1. The Morgan fingerprint density at radius 3 is 2.21 bits per heavy atom. The van der Waals surface area contributed by atoms with E-state index in [9.17, 15) is 4.79 Å². The Kier molecular flexibility index (Phi) is 8.22. The Labute approximate surface area is 211 Å². The number of carbonyl (C=O) groups is 1. The molecule has 0 atom stereocenters. The lowest BCUT2D eigenvalue weighted by atomic mass is 10.1. The lowest BCUT2D eigenvalue weighted by molar-refractivity contribution is 0.0955. The van der Waals surface area contributed by atoms with Gasteiger partial charge in [0.1, 0.15) is 0 Å². The number of hydrogen-bond acceptors (Lipinski definition) is 4. The monoisotopic (exact) mass is 491 g/mol. The molecule has 1 saturated heterocycles. The fourth-order valence-electron chi connectivity index (χ4n) is 4.44. The molecule has 0 aliphatic carbocycles. The second kappa shape index (κ2) is 11.5. The van der Waals surface area contributed by atoms with E-state index in [1.807, 2.05) is 30.3 Å². The first-order chi connectivity index (χ1) is 16.3. The maximum absolute atomic E-state index is 12.8. The van der Waals surface area contributed by atoms with E-state index in [1.54, 1.807) is 11.3 Å². The highest BCUT2D eigenvalue weighted by molar-refractivity contribution is 7.20.